The van der Waals surface area contributed by atoms with E-state index < -0.39 is 0 Å². The zero-order chi connectivity index (χ0) is 14.3. The van der Waals surface area contributed by atoms with Crippen LogP contribution in [0, 0.1) is 0 Å². The van der Waals surface area contributed by atoms with Crippen molar-refractivity contribution in [1.29, 1.82) is 0 Å². The quantitative estimate of drug-likeness (QED) is 0.766. The highest BCUT2D eigenvalue weighted by Crippen LogP contribution is 2.13. The molecule has 0 bridgehead atoms. The first-order chi connectivity index (χ1) is 8.99. The predicted octanol–water partition coefficient (Wildman–Crippen LogP) is 2.04. The molecule has 106 valence electrons. The molecule has 0 saturated heterocycles. The van der Waals surface area contributed by atoms with Gasteiger partial charge in [-0.05, 0) is 31.5 Å². The summed E-state index contributed by atoms with van der Waals surface area (Å²) in [7, 11) is 3.55. The number of amides is 1. The number of benzene rings is 1. The van der Waals surface area contributed by atoms with Crippen molar-refractivity contribution in [3.05, 3.63) is 29.8 Å². The summed E-state index contributed by atoms with van der Waals surface area (Å²) < 4.78 is 5.58. The summed E-state index contributed by atoms with van der Waals surface area (Å²) >= 11 is 0. The van der Waals surface area contributed by atoms with Crippen molar-refractivity contribution in [2.75, 3.05) is 20.6 Å². The molecule has 0 heterocycles. The first kappa shape index (κ1) is 15.5. The number of ether oxygens (including phenoxy) is 1. The van der Waals surface area contributed by atoms with E-state index in [0.29, 0.717) is 13.0 Å². The topological polar surface area (TPSA) is 41.6 Å². The number of carbonyl (C=O) groups excluding carboxylic acids is 1. The zero-order valence-electron chi connectivity index (χ0n) is 12.3. The summed E-state index contributed by atoms with van der Waals surface area (Å²) in [6, 6.07) is 8.03. The van der Waals surface area contributed by atoms with Gasteiger partial charge in [0.05, 0.1) is 6.10 Å². The van der Waals surface area contributed by atoms with Crippen LogP contribution in [0.25, 0.3) is 0 Å². The molecule has 0 fully saturated rings. The molecule has 0 spiro atoms. The fraction of sp³-hybridized carbons (Fsp3) is 0.533. The Kier molecular flexibility index (Phi) is 6.36. The Hall–Kier alpha value is -1.55. The van der Waals surface area contributed by atoms with Crippen molar-refractivity contribution in [3.8, 4) is 5.75 Å². The van der Waals surface area contributed by atoms with Gasteiger partial charge in [-0.25, -0.2) is 0 Å². The Bertz CT molecular complexity index is 386. The molecular formula is C15H24N2O2. The van der Waals surface area contributed by atoms with Crippen LogP contribution >= 0.6 is 0 Å². The molecule has 0 aliphatic heterocycles. The van der Waals surface area contributed by atoms with Gasteiger partial charge in [0.1, 0.15) is 5.75 Å². The minimum absolute atomic E-state index is 0.146. The van der Waals surface area contributed by atoms with Crippen LogP contribution in [0.1, 0.15) is 25.8 Å². The number of hydrogen-bond acceptors (Lipinski definition) is 3. The Morgan fingerprint density at radius 3 is 2.42 bits per heavy atom. The van der Waals surface area contributed by atoms with Crippen molar-refractivity contribution in [2.24, 2.45) is 0 Å². The van der Waals surface area contributed by atoms with Crippen molar-refractivity contribution < 1.29 is 9.53 Å². The Labute approximate surface area is 115 Å². The van der Waals surface area contributed by atoms with E-state index in [0.717, 1.165) is 12.3 Å². The van der Waals surface area contributed by atoms with E-state index in [4.69, 9.17) is 4.74 Å². The van der Waals surface area contributed by atoms with Gasteiger partial charge in [0.25, 0.3) is 0 Å². The fourth-order valence-electron chi connectivity index (χ4n) is 1.61. The normalized spacial score (nSPS) is 10.6. The molecule has 0 aliphatic carbocycles. The maximum absolute atomic E-state index is 11.4. The predicted molar refractivity (Wildman–Crippen MR) is 77.2 cm³/mol. The van der Waals surface area contributed by atoms with Crippen LogP contribution in [0.15, 0.2) is 24.3 Å². The van der Waals surface area contributed by atoms with Gasteiger partial charge in [-0.3, -0.25) is 4.79 Å². The van der Waals surface area contributed by atoms with E-state index in [1.165, 1.54) is 5.56 Å². The lowest BCUT2D eigenvalue weighted by atomic mass is 10.2. The number of hydrogen-bond donors (Lipinski definition) is 1. The van der Waals surface area contributed by atoms with Crippen LogP contribution in [0.2, 0.25) is 0 Å². The van der Waals surface area contributed by atoms with Gasteiger partial charge in [-0.1, -0.05) is 12.1 Å². The molecule has 0 aliphatic rings. The van der Waals surface area contributed by atoms with Crippen molar-refractivity contribution in [3.63, 3.8) is 0 Å². The van der Waals surface area contributed by atoms with E-state index >= 15 is 0 Å². The molecule has 1 aromatic carbocycles. The highest BCUT2D eigenvalue weighted by Gasteiger charge is 2.02. The second-order valence-corrected chi connectivity index (χ2v) is 5.03. The van der Waals surface area contributed by atoms with E-state index in [9.17, 15) is 4.79 Å². The van der Waals surface area contributed by atoms with Crippen LogP contribution in [0.5, 0.6) is 5.75 Å². The smallest absolute Gasteiger partial charge is 0.223 e. The second-order valence-electron chi connectivity index (χ2n) is 5.03. The molecule has 0 unspecified atom stereocenters. The van der Waals surface area contributed by atoms with Crippen LogP contribution in [0.4, 0.5) is 0 Å². The van der Waals surface area contributed by atoms with Crippen molar-refractivity contribution in [2.45, 2.75) is 32.9 Å². The zero-order valence-corrected chi connectivity index (χ0v) is 12.3. The molecule has 1 amide bonds. The van der Waals surface area contributed by atoms with E-state index in [1.807, 2.05) is 38.1 Å². The molecule has 1 aromatic rings. The molecular weight excluding hydrogens is 240 g/mol. The van der Waals surface area contributed by atoms with Crippen LogP contribution in [-0.4, -0.2) is 37.6 Å². The van der Waals surface area contributed by atoms with Crippen molar-refractivity contribution in [1.82, 2.24) is 10.2 Å². The second kappa shape index (κ2) is 7.79. The van der Waals surface area contributed by atoms with Gasteiger partial charge >= 0.3 is 0 Å². The highest BCUT2D eigenvalue weighted by molar-refractivity contribution is 5.75. The van der Waals surface area contributed by atoms with Gasteiger partial charge in [-0.2, -0.15) is 0 Å². The Morgan fingerprint density at radius 2 is 1.89 bits per heavy atom. The molecule has 1 N–H and O–H groups in total. The average molecular weight is 264 g/mol. The Morgan fingerprint density at radius 1 is 1.26 bits per heavy atom. The van der Waals surface area contributed by atoms with Gasteiger partial charge in [0.15, 0.2) is 0 Å². The number of rotatable bonds is 7. The Balaban J connectivity index is 2.28. The monoisotopic (exact) mass is 264 g/mol. The molecule has 19 heavy (non-hydrogen) atoms. The molecule has 4 nitrogen and oxygen atoms in total. The minimum Gasteiger partial charge on any atom is -0.491 e. The molecule has 0 radical (unpaired) electrons. The fourth-order valence-corrected chi connectivity index (χ4v) is 1.61. The first-order valence-corrected chi connectivity index (χ1v) is 6.65. The maximum atomic E-state index is 11.4. The largest absolute Gasteiger partial charge is 0.491 e. The third-order valence-corrected chi connectivity index (χ3v) is 2.64. The molecule has 1 rings (SSSR count). The lowest BCUT2D eigenvalue weighted by molar-refractivity contribution is -0.128. The SMILES string of the molecule is CC(C)Oc1ccc(CNCCC(=O)N(C)C)cc1. The van der Waals surface area contributed by atoms with Crippen molar-refractivity contribution >= 4 is 5.91 Å². The lowest BCUT2D eigenvalue weighted by Gasteiger charge is -2.11. The van der Waals surface area contributed by atoms with Crippen LogP contribution < -0.4 is 10.1 Å². The molecule has 0 atom stereocenters. The lowest BCUT2D eigenvalue weighted by Crippen LogP contribution is -2.26. The van der Waals surface area contributed by atoms with E-state index in [1.54, 1.807) is 19.0 Å². The van der Waals surface area contributed by atoms with Gasteiger partial charge < -0.3 is 15.0 Å². The molecule has 0 saturated carbocycles. The van der Waals surface area contributed by atoms with Gasteiger partial charge in [-0.15, -0.1) is 0 Å². The van der Waals surface area contributed by atoms with Crippen LogP contribution in [0.3, 0.4) is 0 Å². The summed E-state index contributed by atoms with van der Waals surface area (Å²) in [6.07, 6.45) is 0.725. The number of nitrogens with one attached hydrogen (secondary N) is 1. The number of nitrogens with zero attached hydrogens (tertiary/aromatic N) is 1. The van der Waals surface area contributed by atoms with Crippen LogP contribution in [-0.2, 0) is 11.3 Å². The minimum atomic E-state index is 0.146. The summed E-state index contributed by atoms with van der Waals surface area (Å²) in [5.41, 5.74) is 1.19. The standard InChI is InChI=1S/C15H24N2O2/c1-12(2)19-14-7-5-13(6-8-14)11-16-10-9-15(18)17(3)4/h5-8,12,16H,9-11H2,1-4H3. The van der Waals surface area contributed by atoms with E-state index in [2.05, 4.69) is 5.32 Å². The summed E-state index contributed by atoms with van der Waals surface area (Å²) in [5, 5.41) is 3.26. The summed E-state index contributed by atoms with van der Waals surface area (Å²) in [4.78, 5) is 13.0. The molecule has 0 aromatic heterocycles. The first-order valence-electron chi connectivity index (χ1n) is 6.65. The van der Waals surface area contributed by atoms with Gasteiger partial charge in [0.2, 0.25) is 5.91 Å². The van der Waals surface area contributed by atoms with E-state index in [-0.39, 0.29) is 12.0 Å². The molecule has 4 heteroatoms. The van der Waals surface area contributed by atoms with Gasteiger partial charge in [0, 0.05) is 33.6 Å². The third-order valence-electron chi connectivity index (χ3n) is 2.64. The summed E-state index contributed by atoms with van der Waals surface area (Å²) in [5.74, 6) is 1.04. The number of carbonyl (C=O) groups is 1. The third kappa shape index (κ3) is 6.25. The average Bonchev–Trinajstić information content (AvgIpc) is 2.35. The highest BCUT2D eigenvalue weighted by atomic mass is 16.5. The maximum Gasteiger partial charge on any atom is 0.223 e. The summed E-state index contributed by atoms with van der Waals surface area (Å²) in [6.45, 7) is 5.48.